The van der Waals surface area contributed by atoms with Gasteiger partial charge in [0.15, 0.2) is 0 Å². The first-order valence-electron chi connectivity index (χ1n) is 4.58. The molecule has 88 valence electrons. The van der Waals surface area contributed by atoms with Crippen LogP contribution in [0.2, 0.25) is 0 Å². The largest absolute Gasteiger partial charge is 0.478 e. The van der Waals surface area contributed by atoms with Crippen LogP contribution in [0.25, 0.3) is 10.8 Å². The van der Waals surface area contributed by atoms with Crippen molar-refractivity contribution in [1.82, 2.24) is 4.98 Å². The highest BCUT2D eigenvalue weighted by molar-refractivity contribution is 6.04. The molecule has 0 radical (unpaired) electrons. The number of halogens is 3. The number of carbonyl (C=O) groups is 1. The maximum atomic E-state index is 12.7. The quantitative estimate of drug-likeness (QED) is 0.835. The van der Waals surface area contributed by atoms with E-state index in [0.29, 0.717) is 6.20 Å². The maximum Gasteiger partial charge on any atom is 0.418 e. The number of pyridine rings is 1. The Morgan fingerprint density at radius 1 is 1.18 bits per heavy atom. The Labute approximate surface area is 93.5 Å². The van der Waals surface area contributed by atoms with Gasteiger partial charge in [0, 0.05) is 17.8 Å². The molecule has 0 bridgehead atoms. The highest BCUT2D eigenvalue weighted by Gasteiger charge is 2.33. The molecule has 0 atom stereocenters. The van der Waals surface area contributed by atoms with Crippen molar-refractivity contribution < 1.29 is 23.1 Å². The highest BCUT2D eigenvalue weighted by atomic mass is 19.4. The summed E-state index contributed by atoms with van der Waals surface area (Å²) in [6.07, 6.45) is -2.74. The van der Waals surface area contributed by atoms with Crippen molar-refractivity contribution in [1.29, 1.82) is 0 Å². The van der Waals surface area contributed by atoms with Crippen LogP contribution in [0.5, 0.6) is 0 Å². The number of hydrogen-bond donors (Lipinski definition) is 1. The van der Waals surface area contributed by atoms with E-state index in [4.69, 9.17) is 5.11 Å². The predicted octanol–water partition coefficient (Wildman–Crippen LogP) is 2.95. The smallest absolute Gasteiger partial charge is 0.418 e. The SMILES string of the molecule is O=C(O)c1cccc2c(C(F)(F)F)cncc12. The van der Waals surface area contributed by atoms with E-state index in [1.165, 1.54) is 18.2 Å². The molecule has 1 N–H and O–H groups in total. The van der Waals surface area contributed by atoms with Gasteiger partial charge in [-0.3, -0.25) is 4.98 Å². The monoisotopic (exact) mass is 241 g/mol. The number of carboxylic acid groups (broad SMARTS) is 1. The summed E-state index contributed by atoms with van der Waals surface area (Å²) in [6, 6.07) is 3.75. The van der Waals surface area contributed by atoms with E-state index in [1.54, 1.807) is 0 Å². The number of hydrogen-bond acceptors (Lipinski definition) is 2. The topological polar surface area (TPSA) is 50.2 Å². The first-order chi connectivity index (χ1) is 7.91. The summed E-state index contributed by atoms with van der Waals surface area (Å²) < 4.78 is 38.0. The molecule has 0 aliphatic rings. The lowest BCUT2D eigenvalue weighted by Crippen LogP contribution is -2.07. The van der Waals surface area contributed by atoms with Crippen LogP contribution in [0, 0.1) is 0 Å². The van der Waals surface area contributed by atoms with E-state index in [0.717, 1.165) is 6.20 Å². The molecule has 17 heavy (non-hydrogen) atoms. The number of aromatic carboxylic acids is 1. The molecule has 0 aliphatic heterocycles. The van der Waals surface area contributed by atoms with Gasteiger partial charge in [-0.05, 0) is 11.5 Å². The molecule has 3 nitrogen and oxygen atoms in total. The third-order valence-electron chi connectivity index (χ3n) is 2.34. The number of rotatable bonds is 1. The van der Waals surface area contributed by atoms with Crippen LogP contribution in [-0.2, 0) is 6.18 Å². The Hall–Kier alpha value is -2.11. The zero-order valence-corrected chi connectivity index (χ0v) is 8.32. The van der Waals surface area contributed by atoms with Crippen molar-refractivity contribution in [3.8, 4) is 0 Å². The number of benzene rings is 1. The molecular weight excluding hydrogens is 235 g/mol. The second-order valence-corrected chi connectivity index (χ2v) is 3.39. The van der Waals surface area contributed by atoms with Crippen LogP contribution < -0.4 is 0 Å². The minimum Gasteiger partial charge on any atom is -0.478 e. The molecule has 2 rings (SSSR count). The van der Waals surface area contributed by atoms with Crippen LogP contribution in [0.3, 0.4) is 0 Å². The fraction of sp³-hybridized carbons (Fsp3) is 0.0909. The fourth-order valence-electron chi connectivity index (χ4n) is 1.61. The summed E-state index contributed by atoms with van der Waals surface area (Å²) in [5, 5.41) is 8.69. The van der Waals surface area contributed by atoms with Gasteiger partial charge in [-0.25, -0.2) is 4.79 Å². The van der Waals surface area contributed by atoms with Crippen LogP contribution in [0.1, 0.15) is 15.9 Å². The Morgan fingerprint density at radius 3 is 2.47 bits per heavy atom. The van der Waals surface area contributed by atoms with Crippen LogP contribution in [0.15, 0.2) is 30.6 Å². The van der Waals surface area contributed by atoms with Gasteiger partial charge in [-0.1, -0.05) is 12.1 Å². The van der Waals surface area contributed by atoms with Crippen molar-refractivity contribution in [2.75, 3.05) is 0 Å². The minimum atomic E-state index is -4.55. The molecule has 0 unspecified atom stereocenters. The second kappa shape index (κ2) is 3.73. The third kappa shape index (κ3) is 1.93. The standard InChI is InChI=1S/C11H6F3NO2/c12-11(13,14)9-5-15-4-8-6(9)2-1-3-7(8)10(16)17/h1-5H,(H,16,17). The van der Waals surface area contributed by atoms with Crippen LogP contribution in [0.4, 0.5) is 13.2 Å². The van der Waals surface area contributed by atoms with E-state index in [1.807, 2.05) is 0 Å². The van der Waals surface area contributed by atoms with Gasteiger partial charge in [-0.2, -0.15) is 13.2 Å². The fourth-order valence-corrected chi connectivity index (χ4v) is 1.61. The number of alkyl halides is 3. The van der Waals surface area contributed by atoms with Crippen molar-refractivity contribution >= 4 is 16.7 Å². The number of nitrogens with zero attached hydrogens (tertiary/aromatic N) is 1. The average Bonchev–Trinajstić information content (AvgIpc) is 2.26. The lowest BCUT2D eigenvalue weighted by atomic mass is 10.0. The van der Waals surface area contributed by atoms with Gasteiger partial charge in [0.2, 0.25) is 0 Å². The van der Waals surface area contributed by atoms with Gasteiger partial charge < -0.3 is 5.11 Å². The molecule has 0 spiro atoms. The van der Waals surface area contributed by atoms with Gasteiger partial charge in [0.25, 0.3) is 0 Å². The van der Waals surface area contributed by atoms with Gasteiger partial charge in [-0.15, -0.1) is 0 Å². The summed E-state index contributed by atoms with van der Waals surface area (Å²) >= 11 is 0. The van der Waals surface area contributed by atoms with Gasteiger partial charge in [0.05, 0.1) is 11.1 Å². The van der Waals surface area contributed by atoms with Crippen molar-refractivity contribution in [3.05, 3.63) is 41.7 Å². The summed E-state index contributed by atoms with van der Waals surface area (Å²) in [7, 11) is 0. The minimum absolute atomic E-state index is 0.0187. The number of fused-ring (bicyclic) bond motifs is 1. The number of aromatic nitrogens is 1. The normalized spacial score (nSPS) is 11.7. The molecule has 1 aromatic heterocycles. The maximum absolute atomic E-state index is 12.7. The highest BCUT2D eigenvalue weighted by Crippen LogP contribution is 2.34. The van der Waals surface area contributed by atoms with Crippen molar-refractivity contribution in [2.24, 2.45) is 0 Å². The average molecular weight is 241 g/mol. The zero-order chi connectivity index (χ0) is 12.6. The Morgan fingerprint density at radius 2 is 1.88 bits per heavy atom. The Bertz CT molecular complexity index is 593. The molecular formula is C11H6F3NO2. The summed E-state index contributed by atoms with van der Waals surface area (Å²) in [4.78, 5) is 14.3. The first kappa shape index (κ1) is 11.4. The lowest BCUT2D eigenvalue weighted by Gasteiger charge is -2.10. The van der Waals surface area contributed by atoms with Gasteiger partial charge >= 0.3 is 12.1 Å². The summed E-state index contributed by atoms with van der Waals surface area (Å²) in [6.45, 7) is 0. The number of carboxylic acids is 1. The summed E-state index contributed by atoms with van der Waals surface area (Å²) in [5.74, 6) is -1.28. The van der Waals surface area contributed by atoms with Gasteiger partial charge in [0.1, 0.15) is 0 Å². The van der Waals surface area contributed by atoms with Crippen LogP contribution >= 0.6 is 0 Å². The molecule has 1 aromatic carbocycles. The lowest BCUT2D eigenvalue weighted by molar-refractivity contribution is -0.136. The Balaban J connectivity index is 2.84. The molecule has 0 saturated carbocycles. The van der Waals surface area contributed by atoms with E-state index in [-0.39, 0.29) is 16.3 Å². The molecule has 0 fully saturated rings. The molecule has 0 saturated heterocycles. The van der Waals surface area contributed by atoms with Crippen molar-refractivity contribution in [2.45, 2.75) is 6.18 Å². The molecule has 1 heterocycles. The van der Waals surface area contributed by atoms with E-state index in [2.05, 4.69) is 4.98 Å². The van der Waals surface area contributed by atoms with E-state index >= 15 is 0 Å². The molecule has 6 heteroatoms. The second-order valence-electron chi connectivity index (χ2n) is 3.39. The summed E-state index contributed by atoms with van der Waals surface area (Å²) in [5.41, 5.74) is -1.13. The molecule has 0 amide bonds. The zero-order valence-electron chi connectivity index (χ0n) is 8.32. The van der Waals surface area contributed by atoms with Crippen LogP contribution in [-0.4, -0.2) is 16.1 Å². The third-order valence-corrected chi connectivity index (χ3v) is 2.34. The molecule has 2 aromatic rings. The van der Waals surface area contributed by atoms with E-state index in [9.17, 15) is 18.0 Å². The first-order valence-corrected chi connectivity index (χ1v) is 4.58. The predicted molar refractivity (Wildman–Crippen MR) is 53.7 cm³/mol. The van der Waals surface area contributed by atoms with E-state index < -0.39 is 17.7 Å². The molecule has 0 aliphatic carbocycles. The Kier molecular flexibility index (Phi) is 2.49. The van der Waals surface area contributed by atoms with Crippen molar-refractivity contribution in [3.63, 3.8) is 0 Å².